The molecule has 2 aliphatic rings. The molecule has 18 heteroatoms. The first-order valence-electron chi connectivity index (χ1n) is 27.4. The number of ether oxygens (including phenoxy) is 4. The van der Waals surface area contributed by atoms with Crippen LogP contribution in [0.15, 0.2) is 156 Å². The molecule has 8 aromatic rings. The zero-order valence-corrected chi connectivity index (χ0v) is 47.3. The molecule has 6 aromatic carbocycles. The summed E-state index contributed by atoms with van der Waals surface area (Å²) in [7, 11) is -4.43. The Balaban J connectivity index is 0.000000214. The fourth-order valence-electron chi connectivity index (χ4n) is 10.3. The second kappa shape index (κ2) is 26.5. The highest BCUT2D eigenvalue weighted by atomic mass is 32.2. The molecule has 0 saturated heterocycles. The Labute approximate surface area is 470 Å². The Bertz CT molecular complexity index is 3530. The van der Waals surface area contributed by atoms with Crippen molar-refractivity contribution in [3.05, 3.63) is 179 Å². The van der Waals surface area contributed by atoms with Crippen molar-refractivity contribution in [2.75, 3.05) is 38.9 Å². The van der Waals surface area contributed by atoms with Crippen molar-refractivity contribution in [3.8, 4) is 45.3 Å². The van der Waals surface area contributed by atoms with Gasteiger partial charge in [0.05, 0.1) is 27.4 Å². The topological polar surface area (TPSA) is 222 Å². The molecule has 2 heterocycles. The van der Waals surface area contributed by atoms with Gasteiger partial charge in [-0.05, 0) is 182 Å². The number of unbranched alkanes of at least 4 members (excludes halogenated alkanes) is 4. The van der Waals surface area contributed by atoms with Crippen molar-refractivity contribution in [3.63, 3.8) is 0 Å². The number of benzene rings is 6. The molecule has 0 radical (unpaired) electrons. The molecule has 0 spiro atoms. The van der Waals surface area contributed by atoms with Gasteiger partial charge in [0.1, 0.15) is 23.0 Å². The van der Waals surface area contributed by atoms with Gasteiger partial charge in [-0.25, -0.2) is 22.0 Å². The predicted octanol–water partition coefficient (Wildman–Crippen LogP) is 10.8. The van der Waals surface area contributed by atoms with Crippen LogP contribution in [0.1, 0.15) is 84.7 Å². The Morgan fingerprint density at radius 2 is 0.963 bits per heavy atom. The van der Waals surface area contributed by atoms with E-state index in [4.69, 9.17) is 35.6 Å². The minimum Gasteiger partial charge on any atom is -0.497 e. The normalized spacial score (nSPS) is 12.9. The SMILES string of the molecule is COc1ccc(CN(Cc2ccc(OC)cc2)S(=O)(=O)c2ccn(CCCCCOc3cccc(-c4ccc5c(c4N)CCC5)c3)n2)cc1.Nc1c(-c2cccc(OCCCCCn3ccc(S(N)(=O)=O)n3)c2)ccc2c1CCC2. The molecule has 2 aliphatic carbocycles. The van der Waals surface area contributed by atoms with Gasteiger partial charge in [-0.15, -0.1) is 0 Å². The van der Waals surface area contributed by atoms with E-state index in [0.717, 1.165) is 120 Å². The Morgan fingerprint density at radius 3 is 1.40 bits per heavy atom. The molecule has 420 valence electrons. The van der Waals surface area contributed by atoms with Gasteiger partial charge in [0, 0.05) is 61.1 Å². The Morgan fingerprint density at radius 1 is 0.512 bits per heavy atom. The molecule has 0 amide bonds. The molecule has 80 heavy (non-hydrogen) atoms. The van der Waals surface area contributed by atoms with Gasteiger partial charge in [-0.3, -0.25) is 9.36 Å². The zero-order valence-electron chi connectivity index (χ0n) is 45.6. The lowest BCUT2D eigenvalue weighted by atomic mass is 9.97. The van der Waals surface area contributed by atoms with Gasteiger partial charge in [0.25, 0.3) is 20.0 Å². The van der Waals surface area contributed by atoms with Crippen LogP contribution in [-0.2, 0) is 71.9 Å². The van der Waals surface area contributed by atoms with E-state index in [-0.39, 0.29) is 23.1 Å². The lowest BCUT2D eigenvalue weighted by Gasteiger charge is -2.21. The molecule has 10 rings (SSSR count). The summed E-state index contributed by atoms with van der Waals surface area (Å²) in [6.07, 6.45) is 15.4. The first-order chi connectivity index (χ1) is 38.7. The molecule has 0 unspecified atom stereocenters. The number of methoxy groups -OCH3 is 2. The quantitative estimate of drug-likeness (QED) is 0.0359. The van der Waals surface area contributed by atoms with Crippen LogP contribution < -0.4 is 35.6 Å². The molecular weight excluding hydrogens is 1050 g/mol. The van der Waals surface area contributed by atoms with E-state index < -0.39 is 20.0 Å². The van der Waals surface area contributed by atoms with Gasteiger partial charge >= 0.3 is 0 Å². The van der Waals surface area contributed by atoms with E-state index in [9.17, 15) is 16.8 Å². The predicted molar refractivity (Wildman–Crippen MR) is 314 cm³/mol. The number of nitrogen functional groups attached to an aromatic ring is 2. The largest absolute Gasteiger partial charge is 0.497 e. The molecule has 0 bridgehead atoms. The minimum atomic E-state index is -3.90. The zero-order chi connectivity index (χ0) is 56.1. The van der Waals surface area contributed by atoms with Crippen LogP contribution in [0.3, 0.4) is 0 Å². The highest BCUT2D eigenvalue weighted by molar-refractivity contribution is 7.89. The summed E-state index contributed by atoms with van der Waals surface area (Å²) in [5.41, 5.74) is 26.1. The summed E-state index contributed by atoms with van der Waals surface area (Å²) in [5, 5.41) is 13.5. The summed E-state index contributed by atoms with van der Waals surface area (Å²) < 4.78 is 77.7. The highest BCUT2D eigenvalue weighted by Gasteiger charge is 2.28. The van der Waals surface area contributed by atoms with Crippen molar-refractivity contribution in [1.82, 2.24) is 23.9 Å². The van der Waals surface area contributed by atoms with Crippen LogP contribution in [0, 0.1) is 0 Å². The van der Waals surface area contributed by atoms with Crippen molar-refractivity contribution in [2.45, 2.75) is 113 Å². The number of aromatic nitrogens is 4. The number of anilines is 2. The van der Waals surface area contributed by atoms with Crippen LogP contribution in [-0.4, -0.2) is 68.1 Å². The highest BCUT2D eigenvalue weighted by Crippen LogP contribution is 2.38. The van der Waals surface area contributed by atoms with Crippen LogP contribution in [0.4, 0.5) is 11.4 Å². The smallest absolute Gasteiger partial charge is 0.262 e. The van der Waals surface area contributed by atoms with E-state index in [1.54, 1.807) is 42.0 Å². The van der Waals surface area contributed by atoms with Crippen LogP contribution >= 0.6 is 0 Å². The number of hydrogen-bond donors (Lipinski definition) is 3. The Kier molecular flexibility index (Phi) is 18.9. The lowest BCUT2D eigenvalue weighted by Crippen LogP contribution is -2.30. The lowest BCUT2D eigenvalue weighted by molar-refractivity contribution is 0.303. The second-order valence-electron chi connectivity index (χ2n) is 20.3. The standard InChI is InChI=1S/C39H44N4O5S.C23H28N4O3S/c1-46-33-17-12-29(13-18-33)27-43(28-30-14-19-34(47-2)20-15-30)49(44,45)38-22-24-42(41-38)23-4-3-5-25-48-35-10-6-9-32(26-35)37-21-16-31-8-7-11-36(31)39(37)40;24-23-20-9-5-6-17(20)10-11-21(23)18-7-4-8-19(16-18)30-15-3-1-2-13-27-14-12-22(26-27)31(25,28)29/h6,9-10,12-22,24,26H,3-5,7-8,11,23,25,27-28,40H2,1-2H3;4,7-8,10-12,14,16H,1-3,5-6,9,13,15,24H2,(H2,25,28,29). The molecular formula is C62H72N8O8S2. The number of rotatable bonds is 25. The third kappa shape index (κ3) is 14.6. The van der Waals surface area contributed by atoms with E-state index in [2.05, 4.69) is 52.7 Å². The minimum absolute atomic E-state index is 0.0294. The van der Waals surface area contributed by atoms with Gasteiger partial charge < -0.3 is 30.4 Å². The van der Waals surface area contributed by atoms with Crippen molar-refractivity contribution >= 4 is 31.4 Å². The maximum atomic E-state index is 13.9. The average Bonchev–Trinajstić information content (AvgIpc) is 4.38. The van der Waals surface area contributed by atoms with E-state index in [0.29, 0.717) is 37.8 Å². The Hall–Kier alpha value is -7.64. The first kappa shape index (κ1) is 57.1. The van der Waals surface area contributed by atoms with Crippen LogP contribution in [0.2, 0.25) is 0 Å². The summed E-state index contributed by atoms with van der Waals surface area (Å²) >= 11 is 0. The molecule has 2 aromatic heterocycles. The van der Waals surface area contributed by atoms with Crippen molar-refractivity contribution < 1.29 is 35.8 Å². The number of aryl methyl sites for hydroxylation is 4. The monoisotopic (exact) mass is 1120 g/mol. The third-order valence-corrected chi connectivity index (χ3v) is 17.2. The van der Waals surface area contributed by atoms with Gasteiger partial charge in [0.2, 0.25) is 0 Å². The number of nitrogens with two attached hydrogens (primary N) is 3. The summed E-state index contributed by atoms with van der Waals surface area (Å²) in [4.78, 5) is 0. The number of nitrogens with zero attached hydrogens (tertiary/aromatic N) is 5. The third-order valence-electron chi connectivity index (χ3n) is 14.7. The fraction of sp³-hybridized carbons (Fsp3) is 0.323. The van der Waals surface area contributed by atoms with Gasteiger partial charge in [-0.1, -0.05) is 72.8 Å². The van der Waals surface area contributed by atoms with E-state index in [1.165, 1.54) is 45.5 Å². The first-order valence-corrected chi connectivity index (χ1v) is 30.4. The number of sulfonamides is 2. The molecule has 0 saturated carbocycles. The fourth-order valence-corrected chi connectivity index (χ4v) is 12.1. The van der Waals surface area contributed by atoms with Crippen molar-refractivity contribution in [1.29, 1.82) is 0 Å². The summed E-state index contributed by atoms with van der Waals surface area (Å²) in [5.74, 6) is 3.09. The number of fused-ring (bicyclic) bond motifs is 2. The van der Waals surface area contributed by atoms with Gasteiger partial charge in [-0.2, -0.15) is 14.5 Å². The van der Waals surface area contributed by atoms with Gasteiger partial charge in [0.15, 0.2) is 10.1 Å². The van der Waals surface area contributed by atoms with Crippen molar-refractivity contribution in [2.24, 2.45) is 5.14 Å². The molecule has 16 nitrogen and oxygen atoms in total. The summed E-state index contributed by atoms with van der Waals surface area (Å²) in [6, 6.07) is 42.7. The average molecular weight is 1120 g/mol. The molecule has 0 fully saturated rings. The maximum Gasteiger partial charge on any atom is 0.262 e. The van der Waals surface area contributed by atoms with Crippen LogP contribution in [0.25, 0.3) is 22.3 Å². The molecule has 0 atom stereocenters. The van der Waals surface area contributed by atoms with E-state index >= 15 is 0 Å². The second-order valence-corrected chi connectivity index (χ2v) is 23.7. The number of primary sulfonamides is 1. The number of hydrogen-bond acceptors (Lipinski definition) is 12. The molecule has 0 aliphatic heterocycles. The van der Waals surface area contributed by atoms with Crippen LogP contribution in [0.5, 0.6) is 23.0 Å². The van der Waals surface area contributed by atoms with E-state index in [1.807, 2.05) is 78.9 Å². The summed E-state index contributed by atoms with van der Waals surface area (Å²) in [6.45, 7) is 2.84. The molecule has 6 N–H and O–H groups in total. The maximum absolute atomic E-state index is 13.9.